The number of ether oxygens (including phenoxy) is 6. The first kappa shape index (κ1) is 63.1. The van der Waals surface area contributed by atoms with E-state index < -0.39 is 92.7 Å². The van der Waals surface area contributed by atoms with Gasteiger partial charge < -0.3 is 64.2 Å². The van der Waals surface area contributed by atoms with Gasteiger partial charge in [0, 0.05) is 12.8 Å². The molecular weight excluding hydrogens is 889 g/mol. The third-order valence-electron chi connectivity index (χ3n) is 13.2. The van der Waals surface area contributed by atoms with Gasteiger partial charge in [-0.2, -0.15) is 0 Å². The number of hydrogen-bond acceptors (Lipinski definition) is 15. The summed E-state index contributed by atoms with van der Waals surface area (Å²) in [5, 5.41) is 72.1. The average Bonchev–Trinajstić information content (AvgIpc) is 3.34. The van der Waals surface area contributed by atoms with Crippen LogP contribution in [0.3, 0.4) is 0 Å². The van der Waals surface area contributed by atoms with Gasteiger partial charge in [-0.15, -0.1) is 0 Å². The molecule has 7 N–H and O–H groups in total. The molecule has 15 nitrogen and oxygen atoms in total. The van der Waals surface area contributed by atoms with E-state index in [1.54, 1.807) is 0 Å². The van der Waals surface area contributed by atoms with Crippen molar-refractivity contribution in [3.05, 3.63) is 24.3 Å². The van der Waals surface area contributed by atoms with Gasteiger partial charge in [-0.05, 0) is 38.5 Å². The number of unbranched alkanes of at least 4 members (excludes halogenated alkanes) is 25. The topological polar surface area (TPSA) is 231 Å². The Labute approximate surface area is 415 Å². The van der Waals surface area contributed by atoms with Crippen LogP contribution in [0.4, 0.5) is 0 Å². The van der Waals surface area contributed by atoms with Gasteiger partial charge in [0.15, 0.2) is 18.7 Å². The molecular formula is C54H98O15. The number of hydrogen-bond donors (Lipinski definition) is 7. The summed E-state index contributed by atoms with van der Waals surface area (Å²) in [5.41, 5.74) is 0. The Balaban J connectivity index is 1.77. The second-order valence-electron chi connectivity index (χ2n) is 19.4. The number of esters is 2. The Morgan fingerprint density at radius 2 is 0.884 bits per heavy atom. The van der Waals surface area contributed by atoms with Crippen molar-refractivity contribution in [2.45, 2.75) is 280 Å². The summed E-state index contributed by atoms with van der Waals surface area (Å²) in [6.07, 6.45) is 26.3. The van der Waals surface area contributed by atoms with Crippen molar-refractivity contribution < 1.29 is 73.8 Å². The molecule has 15 heteroatoms. The van der Waals surface area contributed by atoms with Crippen molar-refractivity contribution in [3.63, 3.8) is 0 Å². The molecule has 69 heavy (non-hydrogen) atoms. The second kappa shape index (κ2) is 41.5. The molecule has 2 saturated heterocycles. The average molecular weight is 987 g/mol. The minimum atomic E-state index is -1.77. The number of aliphatic hydroxyl groups excluding tert-OH is 7. The summed E-state index contributed by atoms with van der Waals surface area (Å²) in [7, 11) is 0. The molecule has 2 rings (SSSR count). The summed E-state index contributed by atoms with van der Waals surface area (Å²) in [5.74, 6) is -0.932. The SMILES string of the molecule is CCCC/C=C\C/C=C\CCCCCCCC(=O)OC(COC(=O)CCCCCCCCCCCCCCCCCCCCC)COC1OC(COC2OC(CO)C(O)C(O)C2O)C(O)C(O)C1O. The number of allylic oxidation sites excluding steroid dienone is 4. The number of carbonyl (C=O) groups is 2. The van der Waals surface area contributed by atoms with E-state index in [-0.39, 0.29) is 26.1 Å². The molecule has 2 heterocycles. The van der Waals surface area contributed by atoms with E-state index in [9.17, 15) is 45.3 Å². The normalized spacial score (nSPS) is 25.7. The van der Waals surface area contributed by atoms with Gasteiger partial charge in [0.2, 0.25) is 0 Å². The highest BCUT2D eigenvalue weighted by molar-refractivity contribution is 5.70. The van der Waals surface area contributed by atoms with Gasteiger partial charge in [0.05, 0.1) is 19.8 Å². The zero-order valence-corrected chi connectivity index (χ0v) is 42.8. The summed E-state index contributed by atoms with van der Waals surface area (Å²) < 4.78 is 33.6. The van der Waals surface area contributed by atoms with Crippen LogP contribution in [0, 0.1) is 0 Å². The molecule has 11 atom stereocenters. The second-order valence-corrected chi connectivity index (χ2v) is 19.4. The van der Waals surface area contributed by atoms with Gasteiger partial charge in [-0.1, -0.05) is 186 Å². The monoisotopic (exact) mass is 987 g/mol. The van der Waals surface area contributed by atoms with Crippen LogP contribution in [0.1, 0.15) is 213 Å². The molecule has 2 fully saturated rings. The molecule has 2 aliphatic heterocycles. The van der Waals surface area contributed by atoms with E-state index in [2.05, 4.69) is 38.2 Å². The molecule has 0 bridgehead atoms. The lowest BCUT2D eigenvalue weighted by Gasteiger charge is -2.42. The van der Waals surface area contributed by atoms with Crippen LogP contribution in [0.2, 0.25) is 0 Å². The Hall–Kier alpha value is -2.02. The first-order valence-electron chi connectivity index (χ1n) is 27.4. The highest BCUT2D eigenvalue weighted by atomic mass is 16.7. The number of aliphatic hydroxyl groups is 7. The van der Waals surface area contributed by atoms with Crippen molar-refractivity contribution >= 4 is 11.9 Å². The Bertz CT molecular complexity index is 1300. The quantitative estimate of drug-likeness (QED) is 0.0173. The third kappa shape index (κ3) is 29.3. The van der Waals surface area contributed by atoms with Gasteiger partial charge in [-0.25, -0.2) is 0 Å². The standard InChI is InChI=1S/C54H98O15/c1-3-5-7-9-11-13-15-17-19-20-21-22-23-25-26-28-30-32-34-36-45(56)64-39-42(67-46(57)37-35-33-31-29-27-24-18-16-14-12-10-8-6-4-2)40-65-53-52(63)50(61)48(59)44(69-53)41-66-54-51(62)49(60)47(58)43(38-55)68-54/h10,12,16,18,42-44,47-55,58-63H,3-9,11,13-15,17,19-41H2,1-2H3/b12-10-,18-16-. The fourth-order valence-electron chi connectivity index (χ4n) is 8.65. The Kier molecular flexibility index (Phi) is 37.9. The summed E-state index contributed by atoms with van der Waals surface area (Å²) in [6.45, 7) is 2.56. The minimum Gasteiger partial charge on any atom is -0.462 e. The molecule has 0 radical (unpaired) electrons. The van der Waals surface area contributed by atoms with Gasteiger partial charge in [-0.3, -0.25) is 9.59 Å². The van der Waals surface area contributed by atoms with Gasteiger partial charge in [0.1, 0.15) is 55.4 Å². The molecule has 0 aromatic rings. The maximum absolute atomic E-state index is 13.0. The highest BCUT2D eigenvalue weighted by Gasteiger charge is 2.47. The fraction of sp³-hybridized carbons (Fsp3) is 0.889. The summed E-state index contributed by atoms with van der Waals surface area (Å²) in [4.78, 5) is 25.8. The van der Waals surface area contributed by atoms with Crippen LogP contribution < -0.4 is 0 Å². The van der Waals surface area contributed by atoms with Gasteiger partial charge >= 0.3 is 11.9 Å². The first-order valence-corrected chi connectivity index (χ1v) is 27.4. The zero-order valence-electron chi connectivity index (χ0n) is 42.8. The first-order chi connectivity index (χ1) is 33.5. The highest BCUT2D eigenvalue weighted by Crippen LogP contribution is 2.27. The Morgan fingerprint density at radius 1 is 0.464 bits per heavy atom. The van der Waals surface area contributed by atoms with Crippen molar-refractivity contribution in [1.29, 1.82) is 0 Å². The zero-order chi connectivity index (χ0) is 50.3. The lowest BCUT2D eigenvalue weighted by atomic mass is 9.98. The molecule has 404 valence electrons. The van der Waals surface area contributed by atoms with Crippen molar-refractivity contribution in [3.8, 4) is 0 Å². The van der Waals surface area contributed by atoms with Crippen LogP contribution in [0.5, 0.6) is 0 Å². The lowest BCUT2D eigenvalue weighted by molar-refractivity contribution is -0.332. The van der Waals surface area contributed by atoms with Crippen molar-refractivity contribution in [2.24, 2.45) is 0 Å². The van der Waals surface area contributed by atoms with E-state index in [4.69, 9.17) is 28.4 Å². The summed E-state index contributed by atoms with van der Waals surface area (Å²) >= 11 is 0. The Morgan fingerprint density at radius 3 is 1.39 bits per heavy atom. The molecule has 2 aliphatic rings. The maximum Gasteiger partial charge on any atom is 0.306 e. The van der Waals surface area contributed by atoms with Crippen LogP contribution in [0.15, 0.2) is 24.3 Å². The molecule has 11 unspecified atom stereocenters. The van der Waals surface area contributed by atoms with E-state index in [1.165, 1.54) is 109 Å². The minimum absolute atomic E-state index is 0.152. The van der Waals surface area contributed by atoms with Gasteiger partial charge in [0.25, 0.3) is 0 Å². The van der Waals surface area contributed by atoms with Crippen LogP contribution in [-0.2, 0) is 38.0 Å². The summed E-state index contributed by atoms with van der Waals surface area (Å²) in [6, 6.07) is 0. The van der Waals surface area contributed by atoms with E-state index >= 15 is 0 Å². The lowest BCUT2D eigenvalue weighted by Crippen LogP contribution is -2.61. The molecule has 0 spiro atoms. The maximum atomic E-state index is 13.0. The van der Waals surface area contributed by atoms with Crippen LogP contribution in [0.25, 0.3) is 0 Å². The largest absolute Gasteiger partial charge is 0.462 e. The number of carbonyl (C=O) groups excluding carboxylic acids is 2. The van der Waals surface area contributed by atoms with Crippen molar-refractivity contribution in [1.82, 2.24) is 0 Å². The molecule has 0 saturated carbocycles. The molecule has 0 aliphatic carbocycles. The van der Waals surface area contributed by atoms with Crippen molar-refractivity contribution in [2.75, 3.05) is 26.4 Å². The molecule has 0 aromatic carbocycles. The fourth-order valence-corrected chi connectivity index (χ4v) is 8.65. The van der Waals surface area contributed by atoms with Crippen LogP contribution >= 0.6 is 0 Å². The predicted molar refractivity (Wildman–Crippen MR) is 266 cm³/mol. The molecule has 0 aromatic heterocycles. The molecule has 0 amide bonds. The van der Waals surface area contributed by atoms with E-state index in [0.29, 0.717) is 12.8 Å². The smallest absolute Gasteiger partial charge is 0.306 e. The number of rotatable bonds is 43. The predicted octanol–water partition coefficient (Wildman–Crippen LogP) is 8.33. The van der Waals surface area contributed by atoms with E-state index in [1.807, 2.05) is 0 Å². The third-order valence-corrected chi connectivity index (χ3v) is 13.2. The van der Waals surface area contributed by atoms with Crippen LogP contribution in [-0.4, -0.2) is 142 Å². The van der Waals surface area contributed by atoms with E-state index in [0.717, 1.165) is 64.2 Å².